The molecular formula is C22H30N4O9. The third-order valence-electron chi connectivity index (χ3n) is 4.89. The molecule has 0 saturated carbocycles. The standard InChI is InChI=1S/C22H30N4O9/c1-11(2)18(22(34)35)26-21(33)15(10-17(29)30)25-20(32)14(8-12-6-4-3-5-7-12)24-19(31)13(23)9-16(27)28/h3-7,11,13-15,18H,8-10,23H2,1-2H3,(H,24,31)(H,25,32)(H,26,33)(H,27,28)(H,29,30)(H,34,35). The average Bonchev–Trinajstić information content (AvgIpc) is 2.75. The minimum absolute atomic E-state index is 0.0800. The molecule has 0 aromatic heterocycles. The lowest BCUT2D eigenvalue weighted by atomic mass is 10.0. The molecule has 4 atom stereocenters. The van der Waals surface area contributed by atoms with Crippen LogP contribution >= 0.6 is 0 Å². The van der Waals surface area contributed by atoms with E-state index in [1.54, 1.807) is 30.3 Å². The fourth-order valence-corrected chi connectivity index (χ4v) is 3.04. The molecule has 0 heterocycles. The predicted octanol–water partition coefficient (Wildman–Crippen LogP) is -1.30. The van der Waals surface area contributed by atoms with Crippen LogP contribution in [0.15, 0.2) is 30.3 Å². The van der Waals surface area contributed by atoms with Crippen molar-refractivity contribution < 1.29 is 44.1 Å². The summed E-state index contributed by atoms with van der Waals surface area (Å²) in [5.74, 6) is -7.54. The number of hydrogen-bond donors (Lipinski definition) is 7. The number of nitrogens with two attached hydrogens (primary N) is 1. The van der Waals surface area contributed by atoms with Gasteiger partial charge in [0, 0.05) is 6.42 Å². The van der Waals surface area contributed by atoms with Crippen molar-refractivity contribution in [1.29, 1.82) is 0 Å². The topological polar surface area (TPSA) is 225 Å². The van der Waals surface area contributed by atoms with Crippen LogP contribution in [-0.4, -0.2) is 75.1 Å². The first-order valence-electron chi connectivity index (χ1n) is 10.7. The number of carboxylic acids is 3. The van der Waals surface area contributed by atoms with E-state index < -0.39 is 78.6 Å². The Morgan fingerprint density at radius 2 is 1.29 bits per heavy atom. The van der Waals surface area contributed by atoms with E-state index in [2.05, 4.69) is 16.0 Å². The van der Waals surface area contributed by atoms with Crippen LogP contribution in [0.25, 0.3) is 0 Å². The lowest BCUT2D eigenvalue weighted by Crippen LogP contribution is -2.58. The number of carbonyl (C=O) groups excluding carboxylic acids is 3. The molecule has 0 aliphatic heterocycles. The zero-order chi connectivity index (χ0) is 26.7. The van der Waals surface area contributed by atoms with Crippen LogP contribution in [0.5, 0.6) is 0 Å². The zero-order valence-electron chi connectivity index (χ0n) is 19.3. The first-order chi connectivity index (χ1) is 16.3. The first-order valence-corrected chi connectivity index (χ1v) is 10.7. The predicted molar refractivity (Wildman–Crippen MR) is 121 cm³/mol. The SMILES string of the molecule is CC(C)C(NC(=O)C(CC(=O)O)NC(=O)C(Cc1ccccc1)NC(=O)C(N)CC(=O)O)C(=O)O. The van der Waals surface area contributed by atoms with Gasteiger partial charge in [-0.25, -0.2) is 4.79 Å². The third-order valence-corrected chi connectivity index (χ3v) is 4.89. The molecule has 1 aromatic carbocycles. The molecule has 8 N–H and O–H groups in total. The minimum Gasteiger partial charge on any atom is -0.481 e. The van der Waals surface area contributed by atoms with Gasteiger partial charge in [-0.05, 0) is 11.5 Å². The van der Waals surface area contributed by atoms with Gasteiger partial charge in [-0.3, -0.25) is 24.0 Å². The Hall–Kier alpha value is -4.00. The van der Waals surface area contributed by atoms with Crippen molar-refractivity contribution in [2.75, 3.05) is 0 Å². The quantitative estimate of drug-likeness (QED) is 0.162. The van der Waals surface area contributed by atoms with Crippen LogP contribution in [0.4, 0.5) is 0 Å². The van der Waals surface area contributed by atoms with Crippen molar-refractivity contribution in [3.63, 3.8) is 0 Å². The van der Waals surface area contributed by atoms with E-state index >= 15 is 0 Å². The van der Waals surface area contributed by atoms with E-state index in [4.69, 9.17) is 10.8 Å². The van der Waals surface area contributed by atoms with E-state index in [0.717, 1.165) is 0 Å². The molecule has 0 spiro atoms. The highest BCUT2D eigenvalue weighted by Crippen LogP contribution is 2.07. The van der Waals surface area contributed by atoms with Crippen molar-refractivity contribution in [2.45, 2.75) is 57.3 Å². The summed E-state index contributed by atoms with van der Waals surface area (Å²) in [4.78, 5) is 71.5. The largest absolute Gasteiger partial charge is 0.481 e. The normalized spacial score (nSPS) is 14.2. The molecule has 0 aliphatic rings. The third kappa shape index (κ3) is 10.2. The Bertz CT molecular complexity index is 936. The summed E-state index contributed by atoms with van der Waals surface area (Å²) in [6.07, 6.45) is -1.63. The van der Waals surface area contributed by atoms with Gasteiger partial charge in [0.25, 0.3) is 0 Å². The Morgan fingerprint density at radius 1 is 0.771 bits per heavy atom. The summed E-state index contributed by atoms with van der Waals surface area (Å²) in [6.45, 7) is 3.07. The minimum atomic E-state index is -1.65. The maximum Gasteiger partial charge on any atom is 0.326 e. The van der Waals surface area contributed by atoms with Crippen molar-refractivity contribution in [1.82, 2.24) is 16.0 Å². The van der Waals surface area contributed by atoms with Gasteiger partial charge < -0.3 is 37.0 Å². The number of carbonyl (C=O) groups is 6. The molecule has 13 nitrogen and oxygen atoms in total. The first kappa shape index (κ1) is 29.0. The van der Waals surface area contributed by atoms with E-state index in [1.807, 2.05) is 0 Å². The van der Waals surface area contributed by atoms with Gasteiger partial charge in [0.1, 0.15) is 18.1 Å². The monoisotopic (exact) mass is 494 g/mol. The second-order valence-electron chi connectivity index (χ2n) is 8.18. The van der Waals surface area contributed by atoms with Crippen LogP contribution in [0.3, 0.4) is 0 Å². The molecular weight excluding hydrogens is 464 g/mol. The molecule has 4 unspecified atom stereocenters. The average molecular weight is 495 g/mol. The van der Waals surface area contributed by atoms with Crippen LogP contribution in [0, 0.1) is 5.92 Å². The Balaban J connectivity index is 3.12. The summed E-state index contributed by atoms with van der Waals surface area (Å²) >= 11 is 0. The van der Waals surface area contributed by atoms with Gasteiger partial charge in [0.2, 0.25) is 17.7 Å². The second kappa shape index (κ2) is 13.6. The molecule has 0 aliphatic carbocycles. The molecule has 0 fully saturated rings. The number of rotatable bonds is 14. The van der Waals surface area contributed by atoms with Crippen molar-refractivity contribution in [3.05, 3.63) is 35.9 Å². The van der Waals surface area contributed by atoms with Gasteiger partial charge >= 0.3 is 17.9 Å². The lowest BCUT2D eigenvalue weighted by Gasteiger charge is -2.25. The Morgan fingerprint density at radius 3 is 1.77 bits per heavy atom. The van der Waals surface area contributed by atoms with Crippen LogP contribution in [0.2, 0.25) is 0 Å². The van der Waals surface area contributed by atoms with Gasteiger partial charge in [0.15, 0.2) is 0 Å². The maximum absolute atomic E-state index is 13.0. The number of carboxylic acid groups (broad SMARTS) is 3. The summed E-state index contributed by atoms with van der Waals surface area (Å²) in [6, 6.07) is 2.63. The lowest BCUT2D eigenvalue weighted by molar-refractivity contribution is -0.144. The van der Waals surface area contributed by atoms with Gasteiger partial charge in [0.05, 0.1) is 18.9 Å². The smallest absolute Gasteiger partial charge is 0.326 e. The number of amides is 3. The Kier molecular flexibility index (Phi) is 11.3. The van der Waals surface area contributed by atoms with Crippen LogP contribution in [0.1, 0.15) is 32.3 Å². The summed E-state index contributed by atoms with van der Waals surface area (Å²) < 4.78 is 0. The van der Waals surface area contributed by atoms with Crippen molar-refractivity contribution in [2.24, 2.45) is 11.7 Å². The highest BCUT2D eigenvalue weighted by molar-refractivity contribution is 5.96. The highest BCUT2D eigenvalue weighted by atomic mass is 16.4. The molecule has 0 saturated heterocycles. The van der Waals surface area contributed by atoms with E-state index in [1.165, 1.54) is 13.8 Å². The number of benzene rings is 1. The number of hydrogen-bond acceptors (Lipinski definition) is 7. The maximum atomic E-state index is 13.0. The second-order valence-corrected chi connectivity index (χ2v) is 8.18. The van der Waals surface area contributed by atoms with E-state index in [9.17, 15) is 39.0 Å². The van der Waals surface area contributed by atoms with E-state index in [-0.39, 0.29) is 6.42 Å². The zero-order valence-corrected chi connectivity index (χ0v) is 19.3. The summed E-state index contributed by atoms with van der Waals surface area (Å²) in [5.41, 5.74) is 6.17. The van der Waals surface area contributed by atoms with Gasteiger partial charge in [-0.15, -0.1) is 0 Å². The van der Waals surface area contributed by atoms with Gasteiger partial charge in [-0.2, -0.15) is 0 Å². The molecule has 0 bridgehead atoms. The van der Waals surface area contributed by atoms with Crippen LogP contribution in [-0.2, 0) is 35.2 Å². The molecule has 13 heteroatoms. The molecule has 1 rings (SSSR count). The molecule has 1 aromatic rings. The molecule has 192 valence electrons. The molecule has 3 amide bonds. The van der Waals surface area contributed by atoms with E-state index in [0.29, 0.717) is 5.56 Å². The molecule has 0 radical (unpaired) electrons. The number of aliphatic carboxylic acids is 3. The summed E-state index contributed by atoms with van der Waals surface area (Å²) in [5, 5.41) is 34.1. The fourth-order valence-electron chi connectivity index (χ4n) is 3.04. The van der Waals surface area contributed by atoms with Crippen molar-refractivity contribution >= 4 is 35.6 Å². The van der Waals surface area contributed by atoms with Crippen LogP contribution < -0.4 is 21.7 Å². The highest BCUT2D eigenvalue weighted by Gasteiger charge is 2.32. The number of nitrogens with one attached hydrogen (secondary N) is 3. The van der Waals surface area contributed by atoms with Crippen molar-refractivity contribution in [3.8, 4) is 0 Å². The Labute approximate surface area is 201 Å². The fraction of sp³-hybridized carbons (Fsp3) is 0.455. The molecule has 35 heavy (non-hydrogen) atoms. The van der Waals surface area contributed by atoms with Gasteiger partial charge in [-0.1, -0.05) is 44.2 Å². The summed E-state index contributed by atoms with van der Waals surface area (Å²) in [7, 11) is 0.